The van der Waals surface area contributed by atoms with E-state index in [-0.39, 0.29) is 48.4 Å². The molecule has 0 radical (unpaired) electrons. The highest BCUT2D eigenvalue weighted by atomic mass is 127. The number of carbonyl (C=O) groups excluding carboxylic acids is 3. The van der Waals surface area contributed by atoms with Crippen LogP contribution in [-0.2, 0) is 46.1 Å². The highest BCUT2D eigenvalue weighted by molar-refractivity contribution is 14.1. The molecule has 1 saturated heterocycles. The molecule has 1 aliphatic heterocycles. The van der Waals surface area contributed by atoms with Gasteiger partial charge in [-0.1, -0.05) is 69.4 Å². The Kier molecular flexibility index (Phi) is 12.4. The lowest BCUT2D eigenvalue weighted by atomic mass is 9.87. The van der Waals surface area contributed by atoms with Crippen molar-refractivity contribution < 1.29 is 28.6 Å². The molecular formula is C35H43I2N3O6. The molecule has 2 atom stereocenters. The SMILES string of the molecule is CCOC(=O)[C@H]1CC[C@H](OC[C@@H]2C[C@H](OC)CN2C(=O)Cc2cc(CI)c(NC(=O)c3cn(C)c4ccccc34)cc2CI)CC1. The third kappa shape index (κ3) is 8.07. The molecule has 1 saturated carbocycles. The number of rotatable bonds is 12. The summed E-state index contributed by atoms with van der Waals surface area (Å²) in [7, 11) is 3.64. The zero-order chi connectivity index (χ0) is 32.8. The molecule has 2 aliphatic rings. The standard InChI is InChI=1S/C35H43I2N3O6/c1-4-45-35(43)22-9-11-27(12-10-22)46-21-26-16-28(44-3)19-40(26)33(41)15-23-13-25(18-37)31(14-24(23)17-36)38-34(42)30-20-39(2)32-8-6-5-7-29(30)32/h5-8,13-14,20,22,26-28H,4,9-12,15-19,21H2,1-3H3,(H,38,42)/t22-,26-,27-,28-/m0/s1. The van der Waals surface area contributed by atoms with Crippen LogP contribution in [0, 0.1) is 5.92 Å². The van der Waals surface area contributed by atoms with Crippen LogP contribution in [0.4, 0.5) is 5.69 Å². The fourth-order valence-electron chi connectivity index (χ4n) is 6.71. The van der Waals surface area contributed by atoms with Crippen LogP contribution in [0.15, 0.2) is 42.6 Å². The first-order chi connectivity index (χ1) is 22.3. The van der Waals surface area contributed by atoms with E-state index in [1.807, 2.05) is 60.0 Å². The van der Waals surface area contributed by atoms with Crippen molar-refractivity contribution in [2.24, 2.45) is 13.0 Å². The molecule has 0 bridgehead atoms. The Morgan fingerprint density at radius 1 is 0.978 bits per heavy atom. The summed E-state index contributed by atoms with van der Waals surface area (Å²) in [4.78, 5) is 41.4. The van der Waals surface area contributed by atoms with Gasteiger partial charge in [0.15, 0.2) is 0 Å². The molecule has 5 rings (SSSR count). The van der Waals surface area contributed by atoms with Crippen LogP contribution in [0.2, 0.25) is 0 Å². The van der Waals surface area contributed by atoms with Crippen LogP contribution in [0.3, 0.4) is 0 Å². The molecule has 248 valence electrons. The number of halogens is 2. The van der Waals surface area contributed by atoms with Crippen LogP contribution in [0.5, 0.6) is 0 Å². The monoisotopic (exact) mass is 855 g/mol. The van der Waals surface area contributed by atoms with Crippen molar-refractivity contribution in [1.29, 1.82) is 0 Å². The van der Waals surface area contributed by atoms with Crippen molar-refractivity contribution in [3.05, 3.63) is 64.8 Å². The van der Waals surface area contributed by atoms with Crippen LogP contribution < -0.4 is 5.32 Å². The first-order valence-electron chi connectivity index (χ1n) is 16.0. The third-order valence-corrected chi connectivity index (χ3v) is 10.9. The number of alkyl halides is 2. The largest absolute Gasteiger partial charge is 0.466 e. The molecule has 1 aliphatic carbocycles. The second kappa shape index (κ2) is 16.2. The minimum absolute atomic E-state index is 0.0299. The van der Waals surface area contributed by atoms with E-state index in [1.165, 1.54) is 0 Å². The number of likely N-dealkylation sites (tertiary alicyclic amines) is 1. The van der Waals surface area contributed by atoms with E-state index < -0.39 is 0 Å². The van der Waals surface area contributed by atoms with Gasteiger partial charge in [-0.3, -0.25) is 14.4 Å². The van der Waals surface area contributed by atoms with Gasteiger partial charge in [-0.25, -0.2) is 0 Å². The van der Waals surface area contributed by atoms with Crippen molar-refractivity contribution in [2.45, 2.75) is 72.6 Å². The summed E-state index contributed by atoms with van der Waals surface area (Å²) in [6.45, 7) is 3.24. The van der Waals surface area contributed by atoms with E-state index in [4.69, 9.17) is 14.2 Å². The average molecular weight is 856 g/mol. The normalized spacial score (nSPS) is 21.5. The molecular weight excluding hydrogens is 812 g/mol. The number of methoxy groups -OCH3 is 1. The summed E-state index contributed by atoms with van der Waals surface area (Å²) < 4.78 is 20.6. The van der Waals surface area contributed by atoms with Crippen molar-refractivity contribution in [3.8, 4) is 0 Å². The van der Waals surface area contributed by atoms with Crippen molar-refractivity contribution >= 4 is 79.6 Å². The number of benzene rings is 2. The van der Waals surface area contributed by atoms with Crippen LogP contribution in [0.25, 0.3) is 10.9 Å². The van der Waals surface area contributed by atoms with Gasteiger partial charge in [0, 0.05) is 52.3 Å². The fourth-order valence-corrected chi connectivity index (χ4v) is 8.05. The maximum absolute atomic E-state index is 13.8. The number of carbonyl (C=O) groups is 3. The summed E-state index contributed by atoms with van der Waals surface area (Å²) in [5.74, 6) is -0.240. The molecule has 2 heterocycles. The quantitative estimate of drug-likeness (QED) is 0.125. The van der Waals surface area contributed by atoms with Gasteiger partial charge in [0.05, 0.1) is 49.4 Å². The first kappa shape index (κ1) is 35.1. The molecule has 46 heavy (non-hydrogen) atoms. The van der Waals surface area contributed by atoms with E-state index in [2.05, 4.69) is 56.6 Å². The predicted octanol–water partition coefficient (Wildman–Crippen LogP) is 6.60. The van der Waals surface area contributed by atoms with Gasteiger partial charge in [0.2, 0.25) is 5.91 Å². The molecule has 2 amide bonds. The second-order valence-corrected chi connectivity index (χ2v) is 13.7. The number of nitrogens with zero attached hydrogens (tertiary/aromatic N) is 2. The number of amides is 2. The Balaban J connectivity index is 1.25. The highest BCUT2D eigenvalue weighted by Gasteiger charge is 2.37. The maximum Gasteiger partial charge on any atom is 0.308 e. The Hall–Kier alpha value is -2.23. The number of para-hydroxylation sites is 1. The lowest BCUT2D eigenvalue weighted by Gasteiger charge is -2.30. The van der Waals surface area contributed by atoms with E-state index >= 15 is 0 Å². The molecule has 11 heteroatoms. The smallest absolute Gasteiger partial charge is 0.308 e. The number of fused-ring (bicyclic) bond motifs is 1. The van der Waals surface area contributed by atoms with Gasteiger partial charge in [-0.05, 0) is 67.9 Å². The van der Waals surface area contributed by atoms with Crippen LogP contribution >= 0.6 is 45.2 Å². The van der Waals surface area contributed by atoms with E-state index in [1.54, 1.807) is 7.11 Å². The van der Waals surface area contributed by atoms with Gasteiger partial charge in [0.25, 0.3) is 5.91 Å². The van der Waals surface area contributed by atoms with Gasteiger partial charge >= 0.3 is 5.97 Å². The zero-order valence-electron chi connectivity index (χ0n) is 26.7. The van der Waals surface area contributed by atoms with Crippen molar-refractivity contribution in [2.75, 3.05) is 32.2 Å². The molecule has 0 spiro atoms. The number of hydrogen-bond acceptors (Lipinski definition) is 6. The number of esters is 1. The molecule has 0 unspecified atom stereocenters. The van der Waals surface area contributed by atoms with Gasteiger partial charge in [-0.15, -0.1) is 0 Å². The van der Waals surface area contributed by atoms with Crippen molar-refractivity contribution in [1.82, 2.24) is 9.47 Å². The fraction of sp³-hybridized carbons (Fsp3) is 0.514. The summed E-state index contributed by atoms with van der Waals surface area (Å²) >= 11 is 4.64. The summed E-state index contributed by atoms with van der Waals surface area (Å²) in [6.07, 6.45) is 6.11. The maximum atomic E-state index is 13.8. The molecule has 3 aromatic rings. The third-order valence-electron chi connectivity index (χ3n) is 9.29. The van der Waals surface area contributed by atoms with Crippen LogP contribution in [-0.4, -0.2) is 72.4 Å². The Morgan fingerprint density at radius 3 is 2.41 bits per heavy atom. The Morgan fingerprint density at radius 2 is 1.72 bits per heavy atom. The summed E-state index contributed by atoms with van der Waals surface area (Å²) in [5.41, 5.74) is 5.41. The summed E-state index contributed by atoms with van der Waals surface area (Å²) in [6, 6.07) is 11.9. The Bertz CT molecular complexity index is 1550. The molecule has 2 aromatic carbocycles. The van der Waals surface area contributed by atoms with E-state index in [0.29, 0.717) is 34.2 Å². The number of ether oxygens (including phenoxy) is 3. The van der Waals surface area contributed by atoms with Crippen LogP contribution in [0.1, 0.15) is 66.1 Å². The minimum Gasteiger partial charge on any atom is -0.466 e. The number of aryl methyl sites for hydroxylation is 1. The molecule has 2 fully saturated rings. The number of anilines is 1. The number of nitrogens with one attached hydrogen (secondary N) is 1. The predicted molar refractivity (Wildman–Crippen MR) is 196 cm³/mol. The second-order valence-electron chi connectivity index (χ2n) is 12.2. The van der Waals surface area contributed by atoms with Gasteiger partial charge in [-0.2, -0.15) is 0 Å². The molecule has 1 aromatic heterocycles. The number of aromatic nitrogens is 1. The zero-order valence-corrected chi connectivity index (χ0v) is 31.0. The highest BCUT2D eigenvalue weighted by Crippen LogP contribution is 2.31. The van der Waals surface area contributed by atoms with Gasteiger partial charge in [0.1, 0.15) is 0 Å². The van der Waals surface area contributed by atoms with E-state index in [0.717, 1.165) is 65.4 Å². The lowest BCUT2D eigenvalue weighted by molar-refractivity contribution is -0.150. The Labute approximate surface area is 298 Å². The topological polar surface area (TPSA) is 99.1 Å². The average Bonchev–Trinajstić information content (AvgIpc) is 3.65. The van der Waals surface area contributed by atoms with Gasteiger partial charge < -0.3 is 29.0 Å². The number of hydrogen-bond donors (Lipinski definition) is 1. The van der Waals surface area contributed by atoms with E-state index in [9.17, 15) is 14.4 Å². The molecule has 9 nitrogen and oxygen atoms in total. The first-order valence-corrected chi connectivity index (χ1v) is 19.0. The molecule has 1 N–H and O–H groups in total. The summed E-state index contributed by atoms with van der Waals surface area (Å²) in [5, 5.41) is 4.08. The minimum atomic E-state index is -0.147. The van der Waals surface area contributed by atoms with Crippen molar-refractivity contribution in [3.63, 3.8) is 0 Å². The lowest BCUT2D eigenvalue weighted by Crippen LogP contribution is -2.40.